The Morgan fingerprint density at radius 1 is 0.329 bits per heavy atom. The van der Waals surface area contributed by atoms with Crippen LogP contribution in [0.4, 0.5) is 13.2 Å². The van der Waals surface area contributed by atoms with Crippen LogP contribution in [0.25, 0.3) is 111 Å². The first kappa shape index (κ1) is 53.2. The van der Waals surface area contributed by atoms with Crippen molar-refractivity contribution >= 4 is 43.6 Å². The van der Waals surface area contributed by atoms with Crippen LogP contribution in [-0.4, -0.2) is 9.13 Å². The highest BCUT2D eigenvalue weighted by atomic mass is 19.4. The molecule has 0 bridgehead atoms. The second-order valence-electron chi connectivity index (χ2n) is 23.1. The molecule has 0 aliphatic heterocycles. The van der Waals surface area contributed by atoms with E-state index in [1.54, 1.807) is 0 Å². The summed E-state index contributed by atoms with van der Waals surface area (Å²) in [6, 6.07) is 55.4. The summed E-state index contributed by atoms with van der Waals surface area (Å²) < 4.78 is 49.7. The third kappa shape index (κ3) is 8.84. The van der Waals surface area contributed by atoms with Crippen molar-refractivity contribution in [2.45, 2.75) is 89.3 Å². The normalized spacial score (nSPS) is 11.8. The predicted molar refractivity (Wildman–Crippen MR) is 334 cm³/mol. The van der Waals surface area contributed by atoms with Crippen molar-refractivity contribution in [3.8, 4) is 79.1 Å². The highest BCUT2D eigenvalue weighted by Crippen LogP contribution is 2.46. The van der Waals surface area contributed by atoms with Crippen LogP contribution in [0, 0.1) is 106 Å². The Labute approximate surface area is 477 Å². The highest BCUT2D eigenvalue weighted by Gasteiger charge is 2.32. The van der Waals surface area contributed by atoms with Gasteiger partial charge in [0, 0.05) is 27.1 Å². The van der Waals surface area contributed by atoms with Crippen molar-refractivity contribution in [1.29, 1.82) is 10.5 Å². The van der Waals surface area contributed by atoms with E-state index in [0.29, 0.717) is 22.5 Å². The number of benzene rings is 10. The van der Waals surface area contributed by atoms with E-state index in [4.69, 9.17) is 0 Å². The molecule has 82 heavy (non-hydrogen) atoms. The molecule has 2 heterocycles. The maximum absolute atomic E-state index is 15.2. The van der Waals surface area contributed by atoms with E-state index in [-0.39, 0.29) is 11.1 Å². The topological polar surface area (TPSA) is 57.4 Å². The van der Waals surface area contributed by atoms with Crippen LogP contribution >= 0.6 is 0 Å². The zero-order valence-electron chi connectivity index (χ0n) is 48.4. The number of rotatable bonds is 7. The molecule has 10 aromatic carbocycles. The molecule has 0 fully saturated rings. The van der Waals surface area contributed by atoms with Gasteiger partial charge >= 0.3 is 6.18 Å². The zero-order chi connectivity index (χ0) is 58.0. The summed E-state index contributed by atoms with van der Waals surface area (Å²) in [4.78, 5) is 0. The van der Waals surface area contributed by atoms with Gasteiger partial charge in [-0.15, -0.1) is 0 Å². The van der Waals surface area contributed by atoms with Gasteiger partial charge in [0.25, 0.3) is 0 Å². The number of hydrogen-bond acceptors (Lipinski definition) is 2. The molecule has 0 unspecified atom stereocenters. The molecule has 7 heteroatoms. The molecule has 12 aromatic rings. The lowest BCUT2D eigenvalue weighted by molar-refractivity contribution is -0.137. The van der Waals surface area contributed by atoms with Gasteiger partial charge in [-0.05, 0) is 257 Å². The lowest BCUT2D eigenvalue weighted by Gasteiger charge is -2.20. The van der Waals surface area contributed by atoms with Crippen molar-refractivity contribution in [2.75, 3.05) is 0 Å². The van der Waals surface area contributed by atoms with Crippen LogP contribution in [0.5, 0.6) is 0 Å². The van der Waals surface area contributed by atoms with Crippen molar-refractivity contribution in [2.24, 2.45) is 0 Å². The number of hydrogen-bond donors (Lipinski definition) is 0. The maximum Gasteiger partial charge on any atom is 0.416 e. The molecular weight excluding hydrogens is 1010 g/mol. The monoisotopic (exact) mass is 1070 g/mol. The first-order valence-electron chi connectivity index (χ1n) is 27.8. The predicted octanol–water partition coefficient (Wildman–Crippen LogP) is 20.7. The standard InChI is InChI=1S/C75H61F3N4/c1-40-21-44(5)71(45(6)22-40)53-13-17-65-61(32-53)62-33-54(72-46(7)23-41(2)24-47(72)8)14-18-66(62)81(65)69-37-60(57-29-52(38-79)30-59(31-57)75(76,77)78)70(36-58(69)39-80)82-67-19-15-55(73-48(9)25-42(3)26-49(73)10)34-63(67)64-35-56(16-20-68(64)82)74-50(11)27-43(4)28-51(74)12/h13-37H,1-12H3. The first-order valence-corrected chi connectivity index (χ1v) is 27.8. The zero-order valence-corrected chi connectivity index (χ0v) is 48.4. The van der Waals surface area contributed by atoms with E-state index in [1.165, 1.54) is 28.3 Å². The molecule has 2 aromatic heterocycles. The number of halogens is 3. The van der Waals surface area contributed by atoms with Gasteiger partial charge in [-0.3, -0.25) is 0 Å². The molecule has 0 spiro atoms. The Kier molecular flexibility index (Phi) is 12.8. The SMILES string of the molecule is Cc1cc(C)c(-c2ccc3c(c2)c2cc(-c4c(C)cc(C)cc4C)ccc2n3-c2cc(-c3cc(C#N)cc(C(F)(F)F)c3)c(-n3c4ccc(-c5c(C)cc(C)cc5C)cc4c4cc(-c5c(C)cc(C)cc5C)ccc43)cc2C#N)c(C)c1. The highest BCUT2D eigenvalue weighted by molar-refractivity contribution is 6.14. The van der Waals surface area contributed by atoms with Crippen molar-refractivity contribution in [3.05, 3.63) is 235 Å². The summed E-state index contributed by atoms with van der Waals surface area (Å²) in [5.74, 6) is 0. The fraction of sp³-hybridized carbons (Fsp3) is 0.173. The third-order valence-electron chi connectivity index (χ3n) is 16.8. The number of alkyl halides is 3. The van der Waals surface area contributed by atoms with Gasteiger partial charge in [-0.2, -0.15) is 23.7 Å². The molecule has 0 aliphatic carbocycles. The second kappa shape index (κ2) is 19.7. The molecule has 4 nitrogen and oxygen atoms in total. The minimum atomic E-state index is -4.76. The Balaban J connectivity index is 1.20. The number of fused-ring (bicyclic) bond motifs is 6. The quantitative estimate of drug-likeness (QED) is 0.160. The number of nitrogens with zero attached hydrogens (tertiary/aromatic N) is 4. The molecule has 0 saturated carbocycles. The number of nitriles is 2. The molecular formula is C75H61F3N4. The fourth-order valence-corrected chi connectivity index (χ4v) is 14.0. The van der Waals surface area contributed by atoms with Crippen LogP contribution in [0.2, 0.25) is 0 Å². The van der Waals surface area contributed by atoms with Crippen molar-refractivity contribution in [3.63, 3.8) is 0 Å². The molecule has 0 saturated heterocycles. The van der Waals surface area contributed by atoms with Crippen molar-refractivity contribution < 1.29 is 13.2 Å². The van der Waals surface area contributed by atoms with Gasteiger partial charge in [0.2, 0.25) is 0 Å². The number of aryl methyl sites for hydroxylation is 12. The van der Waals surface area contributed by atoms with E-state index >= 15 is 13.2 Å². The Bertz CT molecular complexity index is 4510. The average Bonchev–Trinajstić information content (AvgIpc) is 3.61. The number of aromatic nitrogens is 2. The molecule has 12 rings (SSSR count). The summed E-state index contributed by atoms with van der Waals surface area (Å²) in [5, 5.41) is 25.9. The van der Waals surface area contributed by atoms with Crippen LogP contribution in [0.3, 0.4) is 0 Å². The van der Waals surface area contributed by atoms with Gasteiger partial charge in [0.05, 0.1) is 56.2 Å². The van der Waals surface area contributed by atoms with E-state index in [1.807, 2.05) is 18.2 Å². The second-order valence-corrected chi connectivity index (χ2v) is 23.1. The minimum Gasteiger partial charge on any atom is -0.309 e. The Morgan fingerprint density at radius 3 is 0.939 bits per heavy atom. The fourth-order valence-electron chi connectivity index (χ4n) is 14.0. The average molecular weight is 1080 g/mol. The summed E-state index contributed by atoms with van der Waals surface area (Å²) >= 11 is 0. The molecule has 0 atom stereocenters. The van der Waals surface area contributed by atoms with Crippen LogP contribution in [-0.2, 0) is 6.18 Å². The largest absolute Gasteiger partial charge is 0.416 e. The minimum absolute atomic E-state index is 0.133. The van der Waals surface area contributed by atoms with Crippen LogP contribution < -0.4 is 0 Å². The summed E-state index contributed by atoms with van der Waals surface area (Å²) in [5.41, 5.74) is 26.8. The Hall–Kier alpha value is -9.43. The van der Waals surface area contributed by atoms with E-state index in [0.717, 1.165) is 145 Å². The van der Waals surface area contributed by atoms with E-state index < -0.39 is 11.7 Å². The third-order valence-corrected chi connectivity index (χ3v) is 16.8. The summed E-state index contributed by atoms with van der Waals surface area (Å²) in [7, 11) is 0. The molecule has 0 radical (unpaired) electrons. The lowest BCUT2D eigenvalue weighted by Crippen LogP contribution is -2.07. The molecule has 0 N–H and O–H groups in total. The van der Waals surface area contributed by atoms with Crippen molar-refractivity contribution in [1.82, 2.24) is 9.13 Å². The van der Waals surface area contributed by atoms with Gasteiger partial charge in [0.1, 0.15) is 6.07 Å². The summed E-state index contributed by atoms with van der Waals surface area (Å²) in [6.07, 6.45) is -4.76. The van der Waals surface area contributed by atoms with E-state index in [9.17, 15) is 10.5 Å². The van der Waals surface area contributed by atoms with Gasteiger partial charge < -0.3 is 9.13 Å². The van der Waals surface area contributed by atoms with Crippen LogP contribution in [0.1, 0.15) is 83.5 Å². The summed E-state index contributed by atoms with van der Waals surface area (Å²) in [6.45, 7) is 25.6. The van der Waals surface area contributed by atoms with Crippen LogP contribution in [0.15, 0.2) is 152 Å². The van der Waals surface area contributed by atoms with Gasteiger partial charge in [-0.1, -0.05) is 95.1 Å². The molecule has 0 aliphatic rings. The van der Waals surface area contributed by atoms with Gasteiger partial charge in [0.15, 0.2) is 0 Å². The molecule has 0 amide bonds. The maximum atomic E-state index is 15.2. The van der Waals surface area contributed by atoms with E-state index in [2.05, 4.69) is 220 Å². The Morgan fingerprint density at radius 2 is 0.646 bits per heavy atom. The smallest absolute Gasteiger partial charge is 0.309 e. The van der Waals surface area contributed by atoms with Gasteiger partial charge in [-0.25, -0.2) is 0 Å². The lowest BCUT2D eigenvalue weighted by atomic mass is 9.91. The molecule has 402 valence electrons. The first-order chi connectivity index (χ1) is 39.1.